The molecule has 1 heterocycles. The quantitative estimate of drug-likeness (QED) is 0.476. The monoisotopic (exact) mass is 439 g/mol. The minimum atomic E-state index is -4.65. The molecule has 2 aromatic carbocycles. The predicted molar refractivity (Wildman–Crippen MR) is 108 cm³/mol. The number of nitrogens with one attached hydrogen (secondary N) is 1. The summed E-state index contributed by atoms with van der Waals surface area (Å²) in [5.74, 6) is -0.584. The summed E-state index contributed by atoms with van der Waals surface area (Å²) in [5, 5.41) is 2.17. The SMILES string of the molecule is CCn1ccnc1SC(C(=O)Nc1ccc(Cl)cc1C(F)(F)F)c1ccccc1. The molecule has 0 spiro atoms. The lowest BCUT2D eigenvalue weighted by Crippen LogP contribution is -2.22. The molecule has 1 unspecified atom stereocenters. The number of benzene rings is 2. The first-order valence-electron chi connectivity index (χ1n) is 8.70. The highest BCUT2D eigenvalue weighted by Gasteiger charge is 2.35. The van der Waals surface area contributed by atoms with E-state index >= 15 is 0 Å². The van der Waals surface area contributed by atoms with Crippen molar-refractivity contribution in [2.45, 2.75) is 30.1 Å². The Hall–Kier alpha value is -2.45. The largest absolute Gasteiger partial charge is 0.418 e. The van der Waals surface area contributed by atoms with E-state index in [-0.39, 0.29) is 10.7 Å². The first-order chi connectivity index (χ1) is 13.8. The molecule has 29 heavy (non-hydrogen) atoms. The summed E-state index contributed by atoms with van der Waals surface area (Å²) in [6.07, 6.45) is -1.25. The van der Waals surface area contributed by atoms with Crippen molar-refractivity contribution in [3.63, 3.8) is 0 Å². The zero-order chi connectivity index (χ0) is 21.0. The fourth-order valence-corrected chi connectivity index (χ4v) is 4.01. The third-order valence-electron chi connectivity index (χ3n) is 4.13. The van der Waals surface area contributed by atoms with Gasteiger partial charge in [-0.3, -0.25) is 4.79 Å². The van der Waals surface area contributed by atoms with Gasteiger partial charge in [0, 0.05) is 24.0 Å². The number of amides is 1. The summed E-state index contributed by atoms with van der Waals surface area (Å²) in [6, 6.07) is 12.1. The lowest BCUT2D eigenvalue weighted by atomic mass is 10.1. The molecule has 0 aliphatic heterocycles. The Labute approximate surface area is 175 Å². The number of rotatable bonds is 6. The van der Waals surface area contributed by atoms with Crippen molar-refractivity contribution in [3.05, 3.63) is 77.1 Å². The Kier molecular flexibility index (Phi) is 6.54. The summed E-state index contributed by atoms with van der Waals surface area (Å²) in [5.41, 5.74) is -0.680. The van der Waals surface area contributed by atoms with Crippen molar-refractivity contribution >= 4 is 35.0 Å². The number of thioether (sulfide) groups is 1. The van der Waals surface area contributed by atoms with Gasteiger partial charge in [-0.25, -0.2) is 4.98 Å². The molecule has 0 fully saturated rings. The lowest BCUT2D eigenvalue weighted by Gasteiger charge is -2.19. The molecule has 1 amide bonds. The minimum Gasteiger partial charge on any atom is -0.326 e. The van der Waals surface area contributed by atoms with E-state index in [1.807, 2.05) is 11.5 Å². The van der Waals surface area contributed by atoms with Crippen molar-refractivity contribution in [3.8, 4) is 0 Å². The number of halogens is 4. The van der Waals surface area contributed by atoms with Gasteiger partial charge in [-0.15, -0.1) is 0 Å². The van der Waals surface area contributed by atoms with Crippen LogP contribution >= 0.6 is 23.4 Å². The van der Waals surface area contributed by atoms with Gasteiger partial charge in [0.25, 0.3) is 0 Å². The number of aromatic nitrogens is 2. The van der Waals surface area contributed by atoms with Crippen LogP contribution in [0.5, 0.6) is 0 Å². The fourth-order valence-electron chi connectivity index (χ4n) is 2.72. The second kappa shape index (κ2) is 8.92. The van der Waals surface area contributed by atoms with Crippen LogP contribution in [0.1, 0.15) is 23.3 Å². The van der Waals surface area contributed by atoms with E-state index in [4.69, 9.17) is 11.6 Å². The van der Waals surface area contributed by atoms with Crippen LogP contribution in [0.3, 0.4) is 0 Å². The molecule has 1 aromatic heterocycles. The molecule has 4 nitrogen and oxygen atoms in total. The maximum absolute atomic E-state index is 13.4. The standard InChI is InChI=1S/C20H17ClF3N3OS/c1-2-27-11-10-25-19(27)29-17(13-6-4-3-5-7-13)18(28)26-16-9-8-14(21)12-15(16)20(22,23)24/h3-12,17H,2H2,1H3,(H,26,28). The number of imidazole rings is 1. The van der Waals surface area contributed by atoms with Crippen LogP contribution in [-0.2, 0) is 17.5 Å². The third-order valence-corrected chi connectivity index (χ3v) is 5.63. The van der Waals surface area contributed by atoms with Crippen LogP contribution in [0.4, 0.5) is 18.9 Å². The minimum absolute atomic E-state index is 0.0609. The number of hydrogen-bond donors (Lipinski definition) is 1. The summed E-state index contributed by atoms with van der Waals surface area (Å²) in [6.45, 7) is 2.59. The molecule has 0 saturated heterocycles. The summed E-state index contributed by atoms with van der Waals surface area (Å²) >= 11 is 6.89. The molecular weight excluding hydrogens is 423 g/mol. The van der Waals surface area contributed by atoms with E-state index in [2.05, 4.69) is 10.3 Å². The van der Waals surface area contributed by atoms with Gasteiger partial charge in [0.2, 0.25) is 5.91 Å². The highest BCUT2D eigenvalue weighted by atomic mass is 35.5. The smallest absolute Gasteiger partial charge is 0.326 e. The number of hydrogen-bond acceptors (Lipinski definition) is 3. The summed E-state index contributed by atoms with van der Waals surface area (Å²) in [7, 11) is 0. The average Bonchev–Trinajstić information content (AvgIpc) is 3.14. The van der Waals surface area contributed by atoms with Crippen LogP contribution < -0.4 is 5.32 Å². The molecule has 0 aliphatic rings. The normalized spacial score (nSPS) is 12.6. The van der Waals surface area contributed by atoms with Crippen LogP contribution in [0, 0.1) is 0 Å². The van der Waals surface area contributed by atoms with E-state index in [1.165, 1.54) is 17.8 Å². The molecule has 0 bridgehead atoms. The number of nitrogens with zero attached hydrogens (tertiary/aromatic N) is 2. The summed E-state index contributed by atoms with van der Waals surface area (Å²) in [4.78, 5) is 17.3. The Balaban J connectivity index is 1.94. The average molecular weight is 440 g/mol. The van der Waals surface area contributed by atoms with Crippen LogP contribution in [0.15, 0.2) is 66.1 Å². The topological polar surface area (TPSA) is 46.9 Å². The molecule has 152 valence electrons. The van der Waals surface area contributed by atoms with Crippen molar-refractivity contribution in [2.75, 3.05) is 5.32 Å². The van der Waals surface area contributed by atoms with Gasteiger partial charge in [-0.05, 0) is 30.7 Å². The lowest BCUT2D eigenvalue weighted by molar-refractivity contribution is -0.137. The van der Waals surface area contributed by atoms with E-state index < -0.39 is 22.9 Å². The van der Waals surface area contributed by atoms with E-state index in [9.17, 15) is 18.0 Å². The number of carbonyl (C=O) groups excluding carboxylic acids is 1. The van der Waals surface area contributed by atoms with Gasteiger partial charge in [0.1, 0.15) is 5.25 Å². The highest BCUT2D eigenvalue weighted by molar-refractivity contribution is 8.00. The zero-order valence-electron chi connectivity index (χ0n) is 15.3. The van der Waals surface area contributed by atoms with Crippen molar-refractivity contribution in [1.82, 2.24) is 9.55 Å². The Morgan fingerprint density at radius 2 is 1.97 bits per heavy atom. The number of alkyl halides is 3. The third kappa shape index (κ3) is 5.13. The van der Waals surface area contributed by atoms with Crippen LogP contribution in [0.2, 0.25) is 5.02 Å². The van der Waals surface area contributed by atoms with Crippen molar-refractivity contribution < 1.29 is 18.0 Å². The van der Waals surface area contributed by atoms with Gasteiger partial charge in [-0.1, -0.05) is 53.7 Å². The van der Waals surface area contributed by atoms with Gasteiger partial charge in [0.15, 0.2) is 5.16 Å². The van der Waals surface area contributed by atoms with Gasteiger partial charge >= 0.3 is 6.18 Å². The predicted octanol–water partition coefficient (Wildman–Crippen LogP) is 6.05. The first kappa shape index (κ1) is 21.3. The van der Waals surface area contributed by atoms with Crippen LogP contribution in [0.25, 0.3) is 0 Å². The molecule has 1 atom stereocenters. The molecule has 1 N–H and O–H groups in total. The molecule has 0 radical (unpaired) electrons. The van der Waals surface area contributed by atoms with Gasteiger partial charge in [0.05, 0.1) is 11.3 Å². The molecule has 3 rings (SSSR count). The van der Waals surface area contributed by atoms with Gasteiger partial charge in [-0.2, -0.15) is 13.2 Å². The van der Waals surface area contributed by atoms with Crippen molar-refractivity contribution in [2.24, 2.45) is 0 Å². The Bertz CT molecular complexity index is 992. The number of carbonyl (C=O) groups is 1. The second-order valence-electron chi connectivity index (χ2n) is 6.08. The van der Waals surface area contributed by atoms with Crippen LogP contribution in [-0.4, -0.2) is 15.5 Å². The molecule has 3 aromatic rings. The number of aryl methyl sites for hydroxylation is 1. The van der Waals surface area contributed by atoms with E-state index in [0.29, 0.717) is 17.3 Å². The Morgan fingerprint density at radius 1 is 1.24 bits per heavy atom. The van der Waals surface area contributed by atoms with E-state index in [1.54, 1.807) is 42.7 Å². The van der Waals surface area contributed by atoms with Crippen molar-refractivity contribution in [1.29, 1.82) is 0 Å². The number of anilines is 1. The maximum atomic E-state index is 13.4. The molecular formula is C20H17ClF3N3OS. The Morgan fingerprint density at radius 3 is 2.62 bits per heavy atom. The van der Waals surface area contributed by atoms with E-state index in [0.717, 1.165) is 12.1 Å². The molecule has 9 heteroatoms. The molecule has 0 saturated carbocycles. The van der Waals surface area contributed by atoms with Gasteiger partial charge < -0.3 is 9.88 Å². The fraction of sp³-hybridized carbons (Fsp3) is 0.200. The maximum Gasteiger partial charge on any atom is 0.418 e. The highest BCUT2D eigenvalue weighted by Crippen LogP contribution is 2.39. The first-order valence-corrected chi connectivity index (χ1v) is 9.95. The zero-order valence-corrected chi connectivity index (χ0v) is 16.9. The molecule has 0 aliphatic carbocycles. The summed E-state index contributed by atoms with van der Waals surface area (Å²) < 4.78 is 42.0. The second-order valence-corrected chi connectivity index (χ2v) is 7.59.